The third-order valence-electron chi connectivity index (χ3n) is 9.89. The molecule has 2 aliphatic carbocycles. The number of aromatic nitrogens is 3. The SMILES string of the molecule is C=CCN1CC[C@]23c4c5ccc(OC(=O)c6cccnc6)c4O[C@H]2C(OC(=O)c2cccnc2)=CC[C@@]3(OC(=O)c2cccnc2)[C@H]1C5. The van der Waals surface area contributed by atoms with Crippen LogP contribution in [0.25, 0.3) is 0 Å². The zero-order chi connectivity index (χ0) is 32.9. The molecule has 4 atom stereocenters. The molecule has 3 aromatic heterocycles. The number of esters is 3. The Hall–Kier alpha value is -5.68. The van der Waals surface area contributed by atoms with Gasteiger partial charge in [0.1, 0.15) is 11.4 Å². The number of likely N-dealkylation sites (tertiary alicyclic amines) is 1. The van der Waals surface area contributed by atoms with Crippen LogP contribution in [-0.2, 0) is 21.3 Å². The highest BCUT2D eigenvalue weighted by Gasteiger charge is 2.75. The Labute approximate surface area is 275 Å². The quantitative estimate of drug-likeness (QED) is 0.151. The molecular formula is C37H30N4O7. The van der Waals surface area contributed by atoms with Crippen LogP contribution in [0.5, 0.6) is 11.5 Å². The van der Waals surface area contributed by atoms with Gasteiger partial charge >= 0.3 is 17.9 Å². The van der Waals surface area contributed by atoms with Crippen molar-refractivity contribution in [1.82, 2.24) is 19.9 Å². The maximum absolute atomic E-state index is 14.0. The summed E-state index contributed by atoms with van der Waals surface area (Å²) >= 11 is 0. The lowest BCUT2D eigenvalue weighted by atomic mass is 9.50. The first kappa shape index (κ1) is 29.7. The van der Waals surface area contributed by atoms with E-state index in [9.17, 15) is 14.4 Å². The van der Waals surface area contributed by atoms with Crippen molar-refractivity contribution in [3.8, 4) is 11.5 Å². The number of hydrogen-bond acceptors (Lipinski definition) is 11. The monoisotopic (exact) mass is 642 g/mol. The van der Waals surface area contributed by atoms with Crippen LogP contribution < -0.4 is 9.47 Å². The van der Waals surface area contributed by atoms with Gasteiger partial charge in [-0.1, -0.05) is 12.1 Å². The highest BCUT2D eigenvalue weighted by atomic mass is 16.6. The van der Waals surface area contributed by atoms with E-state index in [4.69, 9.17) is 18.9 Å². The van der Waals surface area contributed by atoms with Crippen LogP contribution in [0, 0.1) is 0 Å². The molecule has 4 aromatic rings. The van der Waals surface area contributed by atoms with E-state index in [1.807, 2.05) is 12.1 Å². The molecule has 8 rings (SSSR count). The molecule has 1 aromatic carbocycles. The van der Waals surface area contributed by atoms with Gasteiger partial charge < -0.3 is 18.9 Å². The summed E-state index contributed by atoms with van der Waals surface area (Å²) in [5, 5.41) is 0. The fraction of sp³-hybridized carbons (Fsp3) is 0.243. The van der Waals surface area contributed by atoms with Gasteiger partial charge in [0.2, 0.25) is 0 Å². The Balaban J connectivity index is 1.29. The molecule has 0 unspecified atom stereocenters. The van der Waals surface area contributed by atoms with Crippen molar-refractivity contribution in [2.24, 2.45) is 0 Å². The highest BCUT2D eigenvalue weighted by molar-refractivity contribution is 5.92. The van der Waals surface area contributed by atoms with E-state index in [-0.39, 0.29) is 29.3 Å². The van der Waals surface area contributed by atoms with Gasteiger partial charge in [0.05, 0.1) is 28.1 Å². The summed E-state index contributed by atoms with van der Waals surface area (Å²) in [5.41, 5.74) is 0.489. The van der Waals surface area contributed by atoms with Gasteiger partial charge in [-0.15, -0.1) is 6.58 Å². The molecule has 2 aliphatic heterocycles. The van der Waals surface area contributed by atoms with Crippen LogP contribution >= 0.6 is 0 Å². The summed E-state index contributed by atoms with van der Waals surface area (Å²) in [6.07, 6.45) is 13.1. The number of rotatable bonds is 8. The van der Waals surface area contributed by atoms with Crippen molar-refractivity contribution in [2.75, 3.05) is 13.1 Å². The van der Waals surface area contributed by atoms with Crippen molar-refractivity contribution >= 4 is 17.9 Å². The Kier molecular flexibility index (Phi) is 7.14. The largest absolute Gasteiger partial charge is 0.477 e. The molecule has 1 saturated heterocycles. The minimum Gasteiger partial charge on any atom is -0.477 e. The van der Waals surface area contributed by atoms with Gasteiger partial charge in [-0.05, 0) is 66.9 Å². The van der Waals surface area contributed by atoms with Gasteiger partial charge in [-0.2, -0.15) is 0 Å². The van der Waals surface area contributed by atoms with Gasteiger partial charge in [-0.25, -0.2) is 14.4 Å². The van der Waals surface area contributed by atoms with Crippen molar-refractivity contribution in [3.05, 3.63) is 138 Å². The topological polar surface area (TPSA) is 130 Å². The molecule has 0 N–H and O–H groups in total. The summed E-state index contributed by atoms with van der Waals surface area (Å²) in [5.74, 6) is -0.850. The van der Waals surface area contributed by atoms with Gasteiger partial charge in [-0.3, -0.25) is 19.9 Å². The smallest absolute Gasteiger partial charge is 0.345 e. The minimum atomic E-state index is -1.15. The molecule has 0 amide bonds. The maximum Gasteiger partial charge on any atom is 0.345 e. The van der Waals surface area contributed by atoms with E-state index in [2.05, 4.69) is 26.4 Å². The highest BCUT2D eigenvalue weighted by Crippen LogP contribution is 2.67. The van der Waals surface area contributed by atoms with Crippen LogP contribution in [0.15, 0.2) is 110 Å². The molecule has 2 bridgehead atoms. The number of ether oxygens (including phenoxy) is 4. The van der Waals surface area contributed by atoms with Crippen molar-refractivity contribution < 1.29 is 33.3 Å². The number of carbonyl (C=O) groups excluding carboxylic acids is 3. The fourth-order valence-corrected chi connectivity index (χ4v) is 7.94. The van der Waals surface area contributed by atoms with E-state index < -0.39 is 35.0 Å². The maximum atomic E-state index is 14.0. The predicted molar refractivity (Wildman–Crippen MR) is 170 cm³/mol. The van der Waals surface area contributed by atoms with Crippen LogP contribution in [0.1, 0.15) is 55.0 Å². The van der Waals surface area contributed by atoms with Crippen LogP contribution in [0.4, 0.5) is 0 Å². The summed E-state index contributed by atoms with van der Waals surface area (Å²) in [6.45, 7) is 5.20. The average molecular weight is 643 g/mol. The molecule has 11 heteroatoms. The summed E-state index contributed by atoms with van der Waals surface area (Å²) in [6, 6.07) is 13.3. The Morgan fingerprint density at radius 3 is 2.17 bits per heavy atom. The molecule has 0 saturated carbocycles. The molecule has 5 heterocycles. The van der Waals surface area contributed by atoms with E-state index >= 15 is 0 Å². The van der Waals surface area contributed by atoms with Crippen molar-refractivity contribution in [1.29, 1.82) is 0 Å². The Morgan fingerprint density at radius 2 is 1.54 bits per heavy atom. The first-order chi connectivity index (χ1) is 23.4. The predicted octanol–water partition coefficient (Wildman–Crippen LogP) is 4.65. The molecule has 4 aliphatic rings. The molecule has 48 heavy (non-hydrogen) atoms. The molecule has 0 radical (unpaired) electrons. The number of nitrogens with zero attached hydrogens (tertiary/aromatic N) is 4. The summed E-state index contributed by atoms with van der Waals surface area (Å²) in [4.78, 5) is 55.2. The van der Waals surface area contributed by atoms with Gasteiger partial charge in [0.25, 0.3) is 0 Å². The summed E-state index contributed by atoms with van der Waals surface area (Å²) < 4.78 is 25.6. The third-order valence-corrected chi connectivity index (χ3v) is 9.89. The minimum absolute atomic E-state index is 0.212. The van der Waals surface area contributed by atoms with Gasteiger partial charge in [0.15, 0.2) is 17.6 Å². The van der Waals surface area contributed by atoms with Gasteiger partial charge in [0, 0.05) is 62.3 Å². The fourth-order valence-electron chi connectivity index (χ4n) is 7.94. The third kappa shape index (κ3) is 4.45. The second-order valence-electron chi connectivity index (χ2n) is 12.2. The molecule has 11 nitrogen and oxygen atoms in total. The zero-order valence-corrected chi connectivity index (χ0v) is 25.8. The van der Waals surface area contributed by atoms with Crippen molar-refractivity contribution in [2.45, 2.75) is 42.4 Å². The Morgan fingerprint density at radius 1 is 0.896 bits per heavy atom. The molecule has 1 fully saturated rings. The first-order valence-corrected chi connectivity index (χ1v) is 15.7. The normalized spacial score (nSPS) is 24.7. The van der Waals surface area contributed by atoms with Crippen LogP contribution in [0.2, 0.25) is 0 Å². The molecule has 240 valence electrons. The zero-order valence-electron chi connectivity index (χ0n) is 25.8. The summed E-state index contributed by atoms with van der Waals surface area (Å²) in [7, 11) is 0. The number of benzene rings is 1. The first-order valence-electron chi connectivity index (χ1n) is 15.7. The lowest BCUT2D eigenvalue weighted by molar-refractivity contribution is -0.169. The number of piperidine rings is 1. The average Bonchev–Trinajstić information content (AvgIpc) is 3.48. The van der Waals surface area contributed by atoms with E-state index in [0.717, 1.165) is 11.1 Å². The standard InChI is InChI=1S/C37H30N4O7/c1-2-17-41-18-13-36-30-23-9-10-27(45-33(42)24-6-3-14-38-20-24)31(30)47-32(36)28(46-34(43)25-7-4-15-39-21-25)11-12-37(36,29(41)19-23)48-35(44)26-8-5-16-40-22-26/h2-11,14-16,20-22,29,32H,1,12-13,17-19H2/t29-,32+,36+,37-/m1/s1. The van der Waals surface area contributed by atoms with Crippen LogP contribution in [-0.4, -0.2) is 68.6 Å². The van der Waals surface area contributed by atoms with Crippen molar-refractivity contribution in [3.63, 3.8) is 0 Å². The Bertz CT molecular complexity index is 1970. The number of pyridine rings is 3. The lowest BCUT2D eigenvalue weighted by Crippen LogP contribution is -2.76. The lowest BCUT2D eigenvalue weighted by Gasteiger charge is -2.63. The van der Waals surface area contributed by atoms with Crippen LogP contribution in [0.3, 0.4) is 0 Å². The second kappa shape index (κ2) is 11.5. The van der Waals surface area contributed by atoms with E-state index in [0.29, 0.717) is 43.0 Å². The number of carbonyl (C=O) groups is 3. The molecular weight excluding hydrogens is 612 g/mol. The van der Waals surface area contributed by atoms with E-state index in [1.54, 1.807) is 67.1 Å². The molecule has 1 spiro atoms. The number of hydrogen-bond donors (Lipinski definition) is 0. The second-order valence-corrected chi connectivity index (χ2v) is 12.2. The van der Waals surface area contributed by atoms with E-state index in [1.165, 1.54) is 18.6 Å².